The van der Waals surface area contributed by atoms with E-state index in [1.807, 2.05) is 6.92 Å². The van der Waals surface area contributed by atoms with Gasteiger partial charge in [0, 0.05) is 42.0 Å². The first kappa shape index (κ1) is 26.6. The number of anilines is 3. The maximum Gasteiger partial charge on any atom is 0.416 e. The number of ether oxygens (including phenoxy) is 1. The predicted molar refractivity (Wildman–Crippen MR) is 151 cm³/mol. The van der Waals surface area contributed by atoms with E-state index in [-0.39, 0.29) is 5.41 Å². The van der Waals surface area contributed by atoms with Crippen molar-refractivity contribution in [2.75, 3.05) is 42.6 Å². The van der Waals surface area contributed by atoms with Crippen LogP contribution in [0.5, 0.6) is 0 Å². The van der Waals surface area contributed by atoms with Gasteiger partial charge in [-0.25, -0.2) is 9.37 Å². The molecule has 0 amide bonds. The lowest BCUT2D eigenvalue weighted by atomic mass is 9.87. The summed E-state index contributed by atoms with van der Waals surface area (Å²) < 4.78 is 62.4. The molecule has 1 fully saturated rings. The van der Waals surface area contributed by atoms with E-state index < -0.39 is 17.6 Å². The second kappa shape index (κ2) is 9.47. The Labute approximate surface area is 231 Å². The lowest BCUT2D eigenvalue weighted by molar-refractivity contribution is -0.137. The summed E-state index contributed by atoms with van der Waals surface area (Å²) in [6.45, 7) is 11.3. The van der Waals surface area contributed by atoms with E-state index in [9.17, 15) is 13.2 Å². The summed E-state index contributed by atoms with van der Waals surface area (Å²) in [5.74, 6) is -0.412. The van der Waals surface area contributed by atoms with Gasteiger partial charge in [-0.05, 0) is 73.0 Å². The van der Waals surface area contributed by atoms with Crippen molar-refractivity contribution in [1.29, 1.82) is 0 Å². The highest BCUT2D eigenvalue weighted by molar-refractivity contribution is 6.00. The fourth-order valence-corrected chi connectivity index (χ4v) is 6.15. The SMILES string of the molecule is Cc1cc(-c2nc3cccc(F)c3c(N3CC(C)(C)c4ccc(N5CCOCC5)cc43)c2C)cc(C(F)(F)F)c1. The molecule has 3 aromatic carbocycles. The van der Waals surface area contributed by atoms with Gasteiger partial charge in [0.2, 0.25) is 0 Å². The third kappa shape index (κ3) is 4.48. The summed E-state index contributed by atoms with van der Waals surface area (Å²) in [6, 6.07) is 15.1. The molecular weight excluding hydrogens is 518 g/mol. The first-order valence-corrected chi connectivity index (χ1v) is 13.5. The van der Waals surface area contributed by atoms with Crippen LogP contribution < -0.4 is 9.80 Å². The number of hydrogen-bond acceptors (Lipinski definition) is 4. The van der Waals surface area contributed by atoms with Gasteiger partial charge in [0.05, 0.1) is 41.1 Å². The van der Waals surface area contributed by atoms with Gasteiger partial charge in [0.25, 0.3) is 0 Å². The van der Waals surface area contributed by atoms with Gasteiger partial charge in [-0.2, -0.15) is 13.2 Å². The van der Waals surface area contributed by atoms with Gasteiger partial charge >= 0.3 is 6.18 Å². The van der Waals surface area contributed by atoms with Crippen LogP contribution in [0, 0.1) is 19.7 Å². The van der Waals surface area contributed by atoms with Crippen molar-refractivity contribution in [3.8, 4) is 11.3 Å². The van der Waals surface area contributed by atoms with Crippen LogP contribution in [-0.4, -0.2) is 37.8 Å². The molecule has 0 unspecified atom stereocenters. The Morgan fingerprint density at radius 2 is 1.70 bits per heavy atom. The Morgan fingerprint density at radius 3 is 2.42 bits per heavy atom. The number of alkyl halides is 3. The average Bonchev–Trinajstić information content (AvgIpc) is 3.18. The Balaban J connectivity index is 1.59. The summed E-state index contributed by atoms with van der Waals surface area (Å²) in [4.78, 5) is 9.14. The minimum absolute atomic E-state index is 0.237. The highest BCUT2D eigenvalue weighted by Crippen LogP contribution is 2.50. The van der Waals surface area contributed by atoms with Crippen LogP contribution in [0.25, 0.3) is 22.2 Å². The van der Waals surface area contributed by atoms with Gasteiger partial charge < -0.3 is 14.5 Å². The molecule has 0 spiro atoms. The molecule has 4 aromatic rings. The summed E-state index contributed by atoms with van der Waals surface area (Å²) in [5, 5.41) is 0.368. The molecule has 2 aliphatic heterocycles. The van der Waals surface area contributed by atoms with Crippen molar-refractivity contribution in [1.82, 2.24) is 4.98 Å². The molecular formula is C32H31F4N3O. The molecule has 40 heavy (non-hydrogen) atoms. The number of pyridine rings is 1. The van der Waals surface area contributed by atoms with Gasteiger partial charge in [-0.1, -0.05) is 26.0 Å². The van der Waals surface area contributed by atoms with E-state index in [0.29, 0.717) is 58.7 Å². The Kier molecular flexibility index (Phi) is 6.29. The third-order valence-corrected chi connectivity index (χ3v) is 8.05. The van der Waals surface area contributed by atoms with Gasteiger partial charge in [-0.15, -0.1) is 0 Å². The molecule has 0 N–H and O–H groups in total. The maximum absolute atomic E-state index is 15.6. The van der Waals surface area contributed by atoms with Crippen molar-refractivity contribution >= 4 is 28.0 Å². The van der Waals surface area contributed by atoms with E-state index in [1.54, 1.807) is 25.1 Å². The van der Waals surface area contributed by atoms with E-state index in [2.05, 4.69) is 41.8 Å². The Hall–Kier alpha value is -3.65. The molecule has 0 bridgehead atoms. The van der Waals surface area contributed by atoms with Crippen LogP contribution in [0.1, 0.15) is 36.1 Å². The molecule has 0 aliphatic carbocycles. The fraction of sp³-hybridized carbons (Fsp3) is 0.344. The largest absolute Gasteiger partial charge is 0.416 e. The third-order valence-electron chi connectivity index (χ3n) is 8.05. The molecule has 8 heteroatoms. The van der Waals surface area contributed by atoms with E-state index in [0.717, 1.165) is 42.2 Å². The standard InChI is InChI=1S/C32H31F4N3O/c1-19-14-21(16-22(15-19)32(34,35)36)29-20(2)30(28-25(33)6-5-7-26(28)37-29)39-18-31(3,4)24-9-8-23(17-27(24)39)38-10-12-40-13-11-38/h5-9,14-17H,10-13,18H2,1-4H3. The molecule has 3 heterocycles. The molecule has 6 rings (SSSR count). The zero-order valence-corrected chi connectivity index (χ0v) is 23.0. The zero-order chi connectivity index (χ0) is 28.4. The number of halogens is 4. The normalized spacial score (nSPS) is 17.0. The van der Waals surface area contributed by atoms with Crippen LogP contribution in [0.2, 0.25) is 0 Å². The molecule has 4 nitrogen and oxygen atoms in total. The van der Waals surface area contributed by atoms with Crippen LogP contribution >= 0.6 is 0 Å². The number of aromatic nitrogens is 1. The molecule has 1 saturated heterocycles. The number of rotatable bonds is 3. The van der Waals surface area contributed by atoms with Crippen molar-refractivity contribution in [2.24, 2.45) is 0 Å². The fourth-order valence-electron chi connectivity index (χ4n) is 6.15. The van der Waals surface area contributed by atoms with Crippen LogP contribution in [-0.2, 0) is 16.3 Å². The number of aryl methyl sites for hydroxylation is 1. The Morgan fingerprint density at radius 1 is 0.950 bits per heavy atom. The molecule has 0 atom stereocenters. The minimum Gasteiger partial charge on any atom is -0.378 e. The first-order valence-electron chi connectivity index (χ1n) is 13.5. The van der Waals surface area contributed by atoms with Crippen molar-refractivity contribution in [2.45, 2.75) is 39.3 Å². The number of morpholine rings is 1. The second-order valence-electron chi connectivity index (χ2n) is 11.4. The van der Waals surface area contributed by atoms with Gasteiger partial charge in [-0.3, -0.25) is 0 Å². The topological polar surface area (TPSA) is 28.6 Å². The quantitative estimate of drug-likeness (QED) is 0.243. The summed E-state index contributed by atoms with van der Waals surface area (Å²) in [5.41, 5.74) is 5.14. The summed E-state index contributed by atoms with van der Waals surface area (Å²) >= 11 is 0. The number of benzene rings is 3. The number of nitrogens with zero attached hydrogens (tertiary/aromatic N) is 3. The average molecular weight is 550 g/mol. The lowest BCUT2D eigenvalue weighted by Gasteiger charge is -2.30. The van der Waals surface area contributed by atoms with Crippen LogP contribution in [0.3, 0.4) is 0 Å². The predicted octanol–water partition coefficient (Wildman–Crippen LogP) is 7.94. The van der Waals surface area contributed by atoms with E-state index in [4.69, 9.17) is 9.72 Å². The Bertz CT molecular complexity index is 1620. The number of hydrogen-bond donors (Lipinski definition) is 0. The lowest BCUT2D eigenvalue weighted by Crippen LogP contribution is -2.36. The van der Waals surface area contributed by atoms with Crippen LogP contribution in [0.4, 0.5) is 34.6 Å². The van der Waals surface area contributed by atoms with Crippen molar-refractivity contribution in [3.63, 3.8) is 0 Å². The molecule has 208 valence electrons. The minimum atomic E-state index is -4.49. The smallest absolute Gasteiger partial charge is 0.378 e. The highest BCUT2D eigenvalue weighted by Gasteiger charge is 2.38. The zero-order valence-electron chi connectivity index (χ0n) is 23.0. The molecule has 1 aromatic heterocycles. The molecule has 0 saturated carbocycles. The van der Waals surface area contributed by atoms with Gasteiger partial charge in [0.15, 0.2) is 0 Å². The molecule has 0 radical (unpaired) electrons. The second-order valence-corrected chi connectivity index (χ2v) is 11.4. The molecule has 2 aliphatic rings. The van der Waals surface area contributed by atoms with Gasteiger partial charge in [0.1, 0.15) is 5.82 Å². The monoisotopic (exact) mass is 549 g/mol. The van der Waals surface area contributed by atoms with Crippen molar-refractivity contribution < 1.29 is 22.3 Å². The first-order chi connectivity index (χ1) is 18.9. The number of fused-ring (bicyclic) bond motifs is 2. The summed E-state index contributed by atoms with van der Waals surface area (Å²) in [7, 11) is 0. The summed E-state index contributed by atoms with van der Waals surface area (Å²) in [6.07, 6.45) is -4.49. The van der Waals surface area contributed by atoms with Crippen molar-refractivity contribution in [3.05, 3.63) is 82.7 Å². The van der Waals surface area contributed by atoms with E-state index in [1.165, 1.54) is 6.07 Å². The highest BCUT2D eigenvalue weighted by atomic mass is 19.4. The van der Waals surface area contributed by atoms with Crippen LogP contribution in [0.15, 0.2) is 54.6 Å². The van der Waals surface area contributed by atoms with E-state index >= 15 is 4.39 Å². The maximum atomic E-state index is 15.6.